The molecule has 0 spiro atoms. The van der Waals surface area contributed by atoms with Gasteiger partial charge in [0.2, 0.25) is 0 Å². The molecule has 0 bridgehead atoms. The zero-order valence-corrected chi connectivity index (χ0v) is 21.2. The quantitative estimate of drug-likeness (QED) is 0.270. The molecule has 1 aliphatic heterocycles. The van der Waals surface area contributed by atoms with E-state index in [9.17, 15) is 8.78 Å². The van der Waals surface area contributed by atoms with Crippen LogP contribution in [0.15, 0.2) is 66.7 Å². The van der Waals surface area contributed by atoms with Crippen LogP contribution < -0.4 is 0 Å². The monoisotopic (exact) mass is 492 g/mol. The van der Waals surface area contributed by atoms with Gasteiger partial charge in [0.05, 0.1) is 12.7 Å². The van der Waals surface area contributed by atoms with Crippen molar-refractivity contribution < 1.29 is 17.9 Å². The molecule has 1 saturated heterocycles. The van der Waals surface area contributed by atoms with Gasteiger partial charge in [-0.05, 0) is 72.9 Å². The van der Waals surface area contributed by atoms with Crippen LogP contribution in [0.2, 0.25) is 0 Å². The Morgan fingerprint density at radius 2 is 1.64 bits per heavy atom. The molecular formula is C32H35F3O. The van der Waals surface area contributed by atoms with Crippen LogP contribution in [0.5, 0.6) is 0 Å². The van der Waals surface area contributed by atoms with E-state index in [0.717, 1.165) is 36.8 Å². The van der Waals surface area contributed by atoms with Gasteiger partial charge in [-0.25, -0.2) is 13.2 Å². The molecule has 1 heterocycles. The molecule has 0 radical (unpaired) electrons. The molecule has 1 aliphatic rings. The van der Waals surface area contributed by atoms with Crippen LogP contribution in [0.25, 0.3) is 22.3 Å². The SMILES string of the molecule is C/C=C/CCc1ccc(-c2ccc(-c3ccc(C4CCC(CCCC)OC4)c(F)c3)cc2)c(F)c1F. The predicted molar refractivity (Wildman–Crippen MR) is 142 cm³/mol. The zero-order valence-electron chi connectivity index (χ0n) is 21.2. The normalized spacial score (nSPS) is 18.1. The van der Waals surface area contributed by atoms with E-state index in [2.05, 4.69) is 6.92 Å². The lowest BCUT2D eigenvalue weighted by Gasteiger charge is -2.29. The first-order valence-corrected chi connectivity index (χ1v) is 13.1. The van der Waals surface area contributed by atoms with Crippen molar-refractivity contribution in [3.05, 3.63) is 95.3 Å². The molecule has 3 aromatic carbocycles. The molecule has 1 nitrogen and oxygen atoms in total. The topological polar surface area (TPSA) is 9.23 Å². The highest BCUT2D eigenvalue weighted by Crippen LogP contribution is 2.34. The van der Waals surface area contributed by atoms with E-state index in [1.807, 2.05) is 43.3 Å². The summed E-state index contributed by atoms with van der Waals surface area (Å²) in [6.07, 6.45) is 10.6. The van der Waals surface area contributed by atoms with Crippen LogP contribution >= 0.6 is 0 Å². The van der Waals surface area contributed by atoms with Crippen LogP contribution in [0.1, 0.15) is 69.4 Å². The summed E-state index contributed by atoms with van der Waals surface area (Å²) < 4.78 is 50.4. The highest BCUT2D eigenvalue weighted by atomic mass is 19.2. The maximum Gasteiger partial charge on any atom is 0.166 e. The molecule has 2 unspecified atom stereocenters. The summed E-state index contributed by atoms with van der Waals surface area (Å²) >= 11 is 0. The number of allylic oxidation sites excluding steroid dienone is 2. The fraction of sp³-hybridized carbons (Fsp3) is 0.375. The van der Waals surface area contributed by atoms with Gasteiger partial charge in [0.15, 0.2) is 11.6 Å². The summed E-state index contributed by atoms with van der Waals surface area (Å²) in [6.45, 7) is 4.65. The van der Waals surface area contributed by atoms with Crippen LogP contribution in [0.4, 0.5) is 13.2 Å². The van der Waals surface area contributed by atoms with Crippen molar-refractivity contribution in [3.63, 3.8) is 0 Å². The third-order valence-corrected chi connectivity index (χ3v) is 7.20. The molecule has 2 atom stereocenters. The summed E-state index contributed by atoms with van der Waals surface area (Å²) in [5.74, 6) is -1.76. The zero-order chi connectivity index (χ0) is 25.5. The standard InChI is InChI=1S/C32H35F3O/c1-3-5-7-8-24-15-19-29(32(35)31(24)34)23-12-10-22(11-13-23)25-16-18-28(30(33)20-25)26-14-17-27(36-21-26)9-6-4-2/h3,5,10-13,15-16,18-20,26-27H,4,6-9,14,17,21H2,1-2H3/b5-3+. The van der Waals surface area contributed by atoms with E-state index in [1.54, 1.807) is 30.3 Å². The molecule has 1 fully saturated rings. The van der Waals surface area contributed by atoms with E-state index in [-0.39, 0.29) is 17.3 Å². The maximum atomic E-state index is 15.1. The van der Waals surface area contributed by atoms with Gasteiger partial charge in [0.1, 0.15) is 5.82 Å². The Morgan fingerprint density at radius 3 is 2.31 bits per heavy atom. The summed E-state index contributed by atoms with van der Waals surface area (Å²) in [6, 6.07) is 15.8. The van der Waals surface area contributed by atoms with Crippen molar-refractivity contribution in [3.8, 4) is 22.3 Å². The molecule has 4 heteroatoms. The first-order chi connectivity index (χ1) is 17.5. The van der Waals surface area contributed by atoms with Crippen LogP contribution in [0, 0.1) is 17.5 Å². The van der Waals surface area contributed by atoms with Crippen LogP contribution in [0.3, 0.4) is 0 Å². The van der Waals surface area contributed by atoms with Crippen LogP contribution in [-0.2, 0) is 11.2 Å². The lowest BCUT2D eigenvalue weighted by atomic mass is 9.88. The number of rotatable bonds is 9. The second-order valence-corrected chi connectivity index (χ2v) is 9.69. The fourth-order valence-corrected chi connectivity index (χ4v) is 5.00. The van der Waals surface area contributed by atoms with Gasteiger partial charge >= 0.3 is 0 Å². The predicted octanol–water partition coefficient (Wildman–Crippen LogP) is 9.40. The third kappa shape index (κ3) is 6.10. The minimum Gasteiger partial charge on any atom is -0.378 e. The number of benzene rings is 3. The van der Waals surface area contributed by atoms with Gasteiger partial charge in [-0.2, -0.15) is 0 Å². The third-order valence-electron chi connectivity index (χ3n) is 7.20. The lowest BCUT2D eigenvalue weighted by Crippen LogP contribution is -2.25. The Morgan fingerprint density at radius 1 is 0.889 bits per heavy atom. The van der Waals surface area contributed by atoms with E-state index in [1.165, 1.54) is 6.42 Å². The lowest BCUT2D eigenvalue weighted by molar-refractivity contribution is -0.00249. The average Bonchev–Trinajstić information content (AvgIpc) is 2.90. The molecule has 0 saturated carbocycles. The Labute approximate surface area is 213 Å². The fourth-order valence-electron chi connectivity index (χ4n) is 5.00. The molecule has 0 amide bonds. The Balaban J connectivity index is 1.46. The van der Waals surface area contributed by atoms with E-state index < -0.39 is 11.6 Å². The average molecular weight is 493 g/mol. The van der Waals surface area contributed by atoms with Gasteiger partial charge in [0.25, 0.3) is 0 Å². The Kier molecular flexibility index (Phi) is 9.03. The van der Waals surface area contributed by atoms with E-state index >= 15 is 4.39 Å². The minimum absolute atomic E-state index is 0.0816. The number of ether oxygens (including phenoxy) is 1. The summed E-state index contributed by atoms with van der Waals surface area (Å²) in [5, 5.41) is 0. The summed E-state index contributed by atoms with van der Waals surface area (Å²) in [5.41, 5.74) is 3.48. The van der Waals surface area contributed by atoms with Gasteiger partial charge in [0, 0.05) is 11.5 Å². The smallest absolute Gasteiger partial charge is 0.166 e. The number of hydrogen-bond acceptors (Lipinski definition) is 1. The molecule has 0 aliphatic carbocycles. The van der Waals surface area contributed by atoms with Crippen molar-refractivity contribution in [2.75, 3.05) is 6.61 Å². The number of halogens is 3. The van der Waals surface area contributed by atoms with Gasteiger partial charge in [-0.1, -0.05) is 80.4 Å². The van der Waals surface area contributed by atoms with Gasteiger partial charge < -0.3 is 4.74 Å². The number of hydrogen-bond donors (Lipinski definition) is 0. The molecule has 4 rings (SSSR count). The molecule has 0 aromatic heterocycles. The van der Waals surface area contributed by atoms with Crippen molar-refractivity contribution in [2.24, 2.45) is 0 Å². The molecule has 190 valence electrons. The largest absolute Gasteiger partial charge is 0.378 e. The maximum absolute atomic E-state index is 15.1. The highest BCUT2D eigenvalue weighted by Gasteiger charge is 2.25. The molecule has 3 aromatic rings. The van der Waals surface area contributed by atoms with Crippen molar-refractivity contribution in [1.29, 1.82) is 0 Å². The number of aryl methyl sites for hydroxylation is 1. The second kappa shape index (κ2) is 12.4. The van der Waals surface area contributed by atoms with Crippen molar-refractivity contribution in [2.45, 2.75) is 70.8 Å². The van der Waals surface area contributed by atoms with E-state index in [0.29, 0.717) is 42.2 Å². The Bertz CT molecular complexity index is 1170. The first kappa shape index (κ1) is 26.2. The minimum atomic E-state index is -0.831. The highest BCUT2D eigenvalue weighted by molar-refractivity contribution is 5.71. The Hall–Kier alpha value is -2.85. The van der Waals surface area contributed by atoms with Crippen molar-refractivity contribution in [1.82, 2.24) is 0 Å². The summed E-state index contributed by atoms with van der Waals surface area (Å²) in [7, 11) is 0. The summed E-state index contributed by atoms with van der Waals surface area (Å²) in [4.78, 5) is 0. The van der Waals surface area contributed by atoms with Crippen molar-refractivity contribution >= 4 is 0 Å². The first-order valence-electron chi connectivity index (χ1n) is 13.1. The van der Waals surface area contributed by atoms with E-state index in [4.69, 9.17) is 4.74 Å². The van der Waals surface area contributed by atoms with Gasteiger partial charge in [-0.15, -0.1) is 0 Å². The molecule has 36 heavy (non-hydrogen) atoms. The molecule has 0 N–H and O–H groups in total. The molecular weight excluding hydrogens is 457 g/mol. The van der Waals surface area contributed by atoms with Crippen LogP contribution in [-0.4, -0.2) is 12.7 Å². The number of unbranched alkanes of at least 4 members (excludes halogenated alkanes) is 1. The van der Waals surface area contributed by atoms with Gasteiger partial charge in [-0.3, -0.25) is 0 Å². The second-order valence-electron chi connectivity index (χ2n) is 9.69.